The Hall–Kier alpha value is -2.40. The SMILES string of the molecule is CC(=O)c1c(C)[nH]c(C(=O)[C@H](C)OC(=O)c2ccccc2Cl)c1C. The van der Waals surface area contributed by atoms with Gasteiger partial charge in [-0.2, -0.15) is 0 Å². The summed E-state index contributed by atoms with van der Waals surface area (Å²) in [6.45, 7) is 6.34. The van der Waals surface area contributed by atoms with Gasteiger partial charge in [-0.1, -0.05) is 23.7 Å². The van der Waals surface area contributed by atoms with Gasteiger partial charge in [-0.15, -0.1) is 0 Å². The molecule has 1 N–H and O–H groups in total. The molecule has 0 fully saturated rings. The maximum Gasteiger partial charge on any atom is 0.340 e. The molecule has 2 rings (SSSR count). The van der Waals surface area contributed by atoms with Crippen LogP contribution in [0.3, 0.4) is 0 Å². The third-order valence-corrected chi connectivity index (χ3v) is 4.11. The monoisotopic (exact) mass is 347 g/mol. The van der Waals surface area contributed by atoms with Gasteiger partial charge < -0.3 is 9.72 Å². The van der Waals surface area contributed by atoms with E-state index in [1.54, 1.807) is 32.0 Å². The maximum absolute atomic E-state index is 12.6. The molecule has 0 spiro atoms. The zero-order chi connectivity index (χ0) is 18.0. The highest BCUT2D eigenvalue weighted by atomic mass is 35.5. The first-order valence-electron chi connectivity index (χ1n) is 7.43. The fraction of sp³-hybridized carbons (Fsp3) is 0.278. The number of ether oxygens (including phenoxy) is 1. The standard InChI is InChI=1S/C18H18ClNO4/c1-9-15(11(3)21)10(2)20-16(9)17(22)12(4)24-18(23)13-7-5-6-8-14(13)19/h5-8,12,20H,1-4H3/t12-/m0/s1. The van der Waals surface area contributed by atoms with E-state index in [1.165, 1.54) is 19.9 Å². The number of aryl methyl sites for hydroxylation is 1. The number of benzene rings is 1. The number of Topliss-reactive ketones (excluding diaryl/α,β-unsaturated/α-hetero) is 2. The van der Waals surface area contributed by atoms with Gasteiger partial charge in [0.15, 0.2) is 11.9 Å². The summed E-state index contributed by atoms with van der Waals surface area (Å²) in [7, 11) is 0. The summed E-state index contributed by atoms with van der Waals surface area (Å²) in [4.78, 5) is 39.3. The molecule has 0 bridgehead atoms. The van der Waals surface area contributed by atoms with Gasteiger partial charge in [0.05, 0.1) is 16.3 Å². The van der Waals surface area contributed by atoms with Gasteiger partial charge in [-0.3, -0.25) is 9.59 Å². The smallest absolute Gasteiger partial charge is 0.340 e. The molecule has 0 unspecified atom stereocenters. The first-order chi connectivity index (χ1) is 11.2. The number of aromatic nitrogens is 1. The van der Waals surface area contributed by atoms with Crippen molar-refractivity contribution in [2.75, 3.05) is 0 Å². The average molecular weight is 348 g/mol. The van der Waals surface area contributed by atoms with Crippen molar-refractivity contribution in [3.05, 3.63) is 57.4 Å². The van der Waals surface area contributed by atoms with Crippen molar-refractivity contribution in [2.45, 2.75) is 33.8 Å². The van der Waals surface area contributed by atoms with Crippen LogP contribution in [0.1, 0.15) is 56.3 Å². The number of carbonyl (C=O) groups excluding carboxylic acids is 3. The minimum Gasteiger partial charge on any atom is -0.451 e. The molecule has 0 saturated carbocycles. The molecule has 0 amide bonds. The second-order valence-electron chi connectivity index (χ2n) is 5.57. The highest BCUT2D eigenvalue weighted by molar-refractivity contribution is 6.33. The fourth-order valence-electron chi connectivity index (χ4n) is 2.63. The van der Waals surface area contributed by atoms with Crippen molar-refractivity contribution in [3.63, 3.8) is 0 Å². The zero-order valence-corrected chi connectivity index (χ0v) is 14.7. The van der Waals surface area contributed by atoms with E-state index in [0.717, 1.165) is 0 Å². The van der Waals surface area contributed by atoms with E-state index < -0.39 is 17.9 Å². The van der Waals surface area contributed by atoms with Crippen molar-refractivity contribution in [1.82, 2.24) is 4.98 Å². The van der Waals surface area contributed by atoms with Crippen molar-refractivity contribution < 1.29 is 19.1 Å². The van der Waals surface area contributed by atoms with E-state index in [4.69, 9.17) is 16.3 Å². The number of hydrogen-bond acceptors (Lipinski definition) is 4. The topological polar surface area (TPSA) is 76.2 Å². The van der Waals surface area contributed by atoms with Crippen LogP contribution in [0, 0.1) is 13.8 Å². The number of halogens is 1. The third-order valence-electron chi connectivity index (χ3n) is 3.78. The first-order valence-corrected chi connectivity index (χ1v) is 7.81. The normalized spacial score (nSPS) is 11.9. The molecule has 1 aromatic carbocycles. The molecule has 0 saturated heterocycles. The minimum atomic E-state index is -1.01. The third kappa shape index (κ3) is 3.41. The molecule has 126 valence electrons. The lowest BCUT2D eigenvalue weighted by atomic mass is 10.0. The largest absolute Gasteiger partial charge is 0.451 e. The molecule has 6 heteroatoms. The molecule has 0 radical (unpaired) electrons. The number of hydrogen-bond donors (Lipinski definition) is 1. The molecular formula is C18H18ClNO4. The lowest BCUT2D eigenvalue weighted by molar-refractivity contribution is 0.0317. The Labute approximate surface area is 145 Å². The van der Waals surface area contributed by atoms with E-state index in [0.29, 0.717) is 16.8 Å². The average Bonchev–Trinajstić information content (AvgIpc) is 2.81. The number of rotatable bonds is 5. The number of nitrogens with one attached hydrogen (secondary N) is 1. The number of H-pyrrole nitrogens is 1. The van der Waals surface area contributed by atoms with Gasteiger partial charge in [-0.25, -0.2) is 4.79 Å². The lowest BCUT2D eigenvalue weighted by Crippen LogP contribution is -2.25. The summed E-state index contributed by atoms with van der Waals surface area (Å²) in [5.41, 5.74) is 2.14. The molecule has 0 aliphatic heterocycles. The van der Waals surface area contributed by atoms with Crippen molar-refractivity contribution in [2.24, 2.45) is 0 Å². The molecular weight excluding hydrogens is 330 g/mol. The highest BCUT2D eigenvalue weighted by Gasteiger charge is 2.26. The van der Waals surface area contributed by atoms with E-state index in [-0.39, 0.29) is 22.1 Å². The van der Waals surface area contributed by atoms with Gasteiger partial charge >= 0.3 is 5.97 Å². The summed E-state index contributed by atoms with van der Waals surface area (Å²) in [6.07, 6.45) is -1.01. The van der Waals surface area contributed by atoms with E-state index >= 15 is 0 Å². The predicted octanol–water partition coefficient (Wildman–Crippen LogP) is 3.92. The highest BCUT2D eigenvalue weighted by Crippen LogP contribution is 2.21. The van der Waals surface area contributed by atoms with Gasteiger partial charge in [0.2, 0.25) is 5.78 Å². The fourth-order valence-corrected chi connectivity index (χ4v) is 2.84. The zero-order valence-electron chi connectivity index (χ0n) is 13.9. The quantitative estimate of drug-likeness (QED) is 0.657. The summed E-state index contributed by atoms with van der Waals surface area (Å²) >= 11 is 5.95. The van der Waals surface area contributed by atoms with E-state index in [2.05, 4.69) is 4.98 Å². The summed E-state index contributed by atoms with van der Waals surface area (Å²) in [5, 5.41) is 0.257. The Bertz CT molecular complexity index is 822. The van der Waals surface area contributed by atoms with E-state index in [1.807, 2.05) is 0 Å². The summed E-state index contributed by atoms with van der Waals surface area (Å²) < 4.78 is 5.22. The van der Waals surface area contributed by atoms with Crippen molar-refractivity contribution in [3.8, 4) is 0 Å². The van der Waals surface area contributed by atoms with Crippen LogP contribution in [-0.2, 0) is 4.74 Å². The van der Waals surface area contributed by atoms with Crippen molar-refractivity contribution >= 4 is 29.1 Å². The lowest BCUT2D eigenvalue weighted by Gasteiger charge is -2.13. The molecule has 24 heavy (non-hydrogen) atoms. The Kier molecular flexibility index (Phi) is 5.24. The second-order valence-corrected chi connectivity index (χ2v) is 5.98. The Morgan fingerprint density at radius 2 is 1.79 bits per heavy atom. The maximum atomic E-state index is 12.6. The Morgan fingerprint density at radius 3 is 2.33 bits per heavy atom. The summed E-state index contributed by atoms with van der Waals surface area (Å²) in [5.74, 6) is -1.20. The van der Waals surface area contributed by atoms with Crippen LogP contribution in [0.15, 0.2) is 24.3 Å². The van der Waals surface area contributed by atoms with Gasteiger partial charge in [0.1, 0.15) is 0 Å². The Balaban J connectivity index is 2.22. The van der Waals surface area contributed by atoms with Gasteiger partial charge in [-0.05, 0) is 45.4 Å². The summed E-state index contributed by atoms with van der Waals surface area (Å²) in [6, 6.07) is 6.46. The molecule has 1 heterocycles. The molecule has 2 aromatic rings. The minimum absolute atomic E-state index is 0.124. The molecule has 0 aliphatic carbocycles. The molecule has 0 aliphatic rings. The predicted molar refractivity (Wildman–Crippen MR) is 90.9 cm³/mol. The number of carbonyl (C=O) groups is 3. The van der Waals surface area contributed by atoms with Crippen LogP contribution >= 0.6 is 11.6 Å². The second kappa shape index (κ2) is 7.01. The van der Waals surface area contributed by atoms with Crippen LogP contribution in [0.4, 0.5) is 0 Å². The van der Waals surface area contributed by atoms with Crippen LogP contribution in [0.5, 0.6) is 0 Å². The first kappa shape index (κ1) is 17.9. The number of aromatic amines is 1. The van der Waals surface area contributed by atoms with E-state index in [9.17, 15) is 14.4 Å². The van der Waals surface area contributed by atoms with Crippen LogP contribution in [0.2, 0.25) is 5.02 Å². The van der Waals surface area contributed by atoms with Crippen LogP contribution in [-0.4, -0.2) is 28.6 Å². The Morgan fingerprint density at radius 1 is 1.17 bits per heavy atom. The molecule has 5 nitrogen and oxygen atoms in total. The number of esters is 1. The van der Waals surface area contributed by atoms with Crippen molar-refractivity contribution in [1.29, 1.82) is 0 Å². The molecule has 1 atom stereocenters. The van der Waals surface area contributed by atoms with Crippen LogP contribution < -0.4 is 0 Å². The number of ketones is 2. The van der Waals surface area contributed by atoms with Gasteiger partial charge in [0, 0.05) is 11.3 Å². The molecule has 1 aromatic heterocycles. The van der Waals surface area contributed by atoms with Gasteiger partial charge in [0.25, 0.3) is 0 Å². The van der Waals surface area contributed by atoms with Crippen LogP contribution in [0.25, 0.3) is 0 Å².